The Balaban J connectivity index is 0.917. The third-order valence-electron chi connectivity index (χ3n) is 8.37. The summed E-state index contributed by atoms with van der Waals surface area (Å²) in [7, 11) is 0. The van der Waals surface area contributed by atoms with Gasteiger partial charge in [0.25, 0.3) is 5.91 Å². The van der Waals surface area contributed by atoms with E-state index in [0.717, 1.165) is 68.2 Å². The van der Waals surface area contributed by atoms with Gasteiger partial charge in [-0.05, 0) is 50.8 Å². The van der Waals surface area contributed by atoms with E-state index in [9.17, 15) is 19.8 Å². The fourth-order valence-electron chi connectivity index (χ4n) is 5.95. The number of piperidine rings is 1. The van der Waals surface area contributed by atoms with Gasteiger partial charge in [0.2, 0.25) is 0 Å². The maximum Gasteiger partial charge on any atom is 0.305 e. The van der Waals surface area contributed by atoms with Crippen molar-refractivity contribution in [3.05, 3.63) is 65.3 Å². The van der Waals surface area contributed by atoms with Gasteiger partial charge in [0.15, 0.2) is 0 Å². The Labute approximate surface area is 262 Å². The Morgan fingerprint density at radius 1 is 1.16 bits per heavy atom. The average molecular weight is 644 g/mol. The maximum atomic E-state index is 13.0. The van der Waals surface area contributed by atoms with Crippen molar-refractivity contribution >= 4 is 50.1 Å². The van der Waals surface area contributed by atoms with Crippen LogP contribution in [0.1, 0.15) is 49.8 Å². The van der Waals surface area contributed by atoms with Gasteiger partial charge < -0.3 is 35.1 Å². The molecule has 2 saturated heterocycles. The number of morpholine rings is 1. The van der Waals surface area contributed by atoms with Crippen LogP contribution in [0.25, 0.3) is 10.2 Å². The van der Waals surface area contributed by atoms with Crippen molar-refractivity contribution in [3.63, 3.8) is 0 Å². The van der Waals surface area contributed by atoms with Gasteiger partial charge in [-0.3, -0.25) is 9.59 Å². The number of carbonyl (C=O) groups excluding carboxylic acids is 1. The van der Waals surface area contributed by atoms with Crippen molar-refractivity contribution in [2.24, 2.45) is 0 Å². The van der Waals surface area contributed by atoms with Gasteiger partial charge in [0.05, 0.1) is 34.6 Å². The molecule has 0 unspecified atom stereocenters. The number of benzene rings is 1. The lowest BCUT2D eigenvalue weighted by molar-refractivity contribution is -0.127. The quantitative estimate of drug-likeness (QED) is 0.193. The predicted octanol–water partition coefficient (Wildman–Crippen LogP) is 3.54. The maximum absolute atomic E-state index is 13.0. The monoisotopic (exact) mass is 643 g/mol. The van der Waals surface area contributed by atoms with E-state index in [1.807, 2.05) is 28.5 Å². The minimum atomic E-state index is -0.776. The van der Waals surface area contributed by atoms with Crippen LogP contribution in [0, 0.1) is 6.92 Å². The summed E-state index contributed by atoms with van der Waals surface area (Å²) in [4.78, 5) is 38.6. The molecule has 2 aliphatic heterocycles. The Kier molecular flexibility index (Phi) is 9.29. The average Bonchev–Trinajstić information content (AvgIpc) is 3.75. The number of aromatic amines is 1. The molecule has 1 atom stereocenters. The highest BCUT2D eigenvalue weighted by Crippen LogP contribution is 2.32. The summed E-state index contributed by atoms with van der Waals surface area (Å²) in [6.45, 7) is 7.81. The highest BCUT2D eigenvalue weighted by Gasteiger charge is 2.41. The molecule has 4 aromatic rings. The number of thiophene rings is 1. The van der Waals surface area contributed by atoms with E-state index >= 15 is 0 Å². The Morgan fingerprint density at radius 2 is 1.95 bits per heavy atom. The van der Waals surface area contributed by atoms with Crippen LogP contribution in [0.15, 0.2) is 34.4 Å². The van der Waals surface area contributed by atoms with Crippen molar-refractivity contribution in [2.45, 2.75) is 44.3 Å². The molecule has 1 amide bonds. The number of ether oxygens (including phenoxy) is 1. The lowest BCUT2D eigenvalue weighted by Crippen LogP contribution is -2.58. The van der Waals surface area contributed by atoms with E-state index in [4.69, 9.17) is 4.74 Å². The van der Waals surface area contributed by atoms with Gasteiger partial charge in [0, 0.05) is 60.0 Å². The molecule has 230 valence electrons. The largest absolute Gasteiger partial charge is 0.506 e. The van der Waals surface area contributed by atoms with Crippen molar-refractivity contribution in [1.82, 2.24) is 25.1 Å². The van der Waals surface area contributed by atoms with E-state index < -0.39 is 6.10 Å². The molecular weight excluding hydrogens is 607 g/mol. The number of H-pyrrole nitrogens is 1. The summed E-state index contributed by atoms with van der Waals surface area (Å²) < 4.78 is 6.87. The number of carbonyl (C=O) groups is 1. The van der Waals surface area contributed by atoms with Gasteiger partial charge in [-0.2, -0.15) is 0 Å². The molecule has 5 heterocycles. The zero-order valence-corrected chi connectivity index (χ0v) is 26.6. The minimum Gasteiger partial charge on any atom is -0.506 e. The van der Waals surface area contributed by atoms with Crippen LogP contribution in [0.2, 0.25) is 0 Å². The molecule has 0 radical (unpaired) electrons. The van der Waals surface area contributed by atoms with Crippen molar-refractivity contribution < 1.29 is 19.7 Å². The Hall–Kier alpha value is -2.65. The van der Waals surface area contributed by atoms with Gasteiger partial charge in [-0.1, -0.05) is 17.4 Å². The number of aromatic hydroxyl groups is 1. The highest BCUT2D eigenvalue weighted by molar-refractivity contribution is 7.16. The first-order valence-electron chi connectivity index (χ1n) is 14.7. The van der Waals surface area contributed by atoms with Crippen molar-refractivity contribution in [3.8, 4) is 5.75 Å². The van der Waals surface area contributed by atoms with Crippen LogP contribution in [0.4, 0.5) is 0 Å². The molecule has 13 heteroatoms. The van der Waals surface area contributed by atoms with E-state index in [1.54, 1.807) is 6.07 Å². The molecule has 0 aliphatic carbocycles. The molecule has 6 rings (SSSR count). The fraction of sp³-hybridized carbons (Fsp3) is 0.500. The third-order valence-corrected chi connectivity index (χ3v) is 11.3. The number of phenols is 1. The predicted molar refractivity (Wildman–Crippen MR) is 171 cm³/mol. The van der Waals surface area contributed by atoms with E-state index in [2.05, 4.69) is 32.3 Å². The fourth-order valence-corrected chi connectivity index (χ4v) is 8.46. The number of nitrogens with zero attached hydrogens (tertiary/aromatic N) is 3. The molecular formula is C30H37N5O5S3. The number of aryl methyl sites for hydroxylation is 1. The van der Waals surface area contributed by atoms with Crippen LogP contribution in [-0.4, -0.2) is 93.9 Å². The molecule has 4 N–H and O–H groups in total. The van der Waals surface area contributed by atoms with Crippen LogP contribution in [0.5, 0.6) is 5.75 Å². The first-order valence-corrected chi connectivity index (χ1v) is 17.2. The number of phenolic OH excluding ortho intramolecular Hbond substituents is 1. The number of likely N-dealkylation sites (tertiary alicyclic amines) is 1. The number of aliphatic hydroxyl groups is 1. The van der Waals surface area contributed by atoms with Crippen LogP contribution >= 0.6 is 34.0 Å². The molecule has 43 heavy (non-hydrogen) atoms. The highest BCUT2D eigenvalue weighted by atomic mass is 32.1. The molecule has 0 saturated carbocycles. The lowest BCUT2D eigenvalue weighted by atomic mass is 9.89. The molecule has 2 fully saturated rings. The number of fused-ring (bicyclic) bond motifs is 1. The number of hydrogen-bond acceptors (Lipinski definition) is 11. The number of aromatic nitrogens is 2. The van der Waals surface area contributed by atoms with Gasteiger partial charge in [-0.25, -0.2) is 4.98 Å². The van der Waals surface area contributed by atoms with Crippen LogP contribution in [-0.2, 0) is 17.6 Å². The number of thiazole rings is 2. The SMILES string of the molecule is Cc1nc(C(=O)N2CCOC3(CCN(CCc4ccc(CCNC[C@H](O)c5ccc(O)c6[nH]c(=O)sc56)s4)CC3)C2)cs1. The summed E-state index contributed by atoms with van der Waals surface area (Å²) in [5.41, 5.74) is 1.32. The normalized spacial score (nSPS) is 18.0. The van der Waals surface area contributed by atoms with Gasteiger partial charge >= 0.3 is 4.87 Å². The van der Waals surface area contributed by atoms with E-state index in [0.29, 0.717) is 47.7 Å². The zero-order chi connectivity index (χ0) is 30.0. The van der Waals surface area contributed by atoms with Crippen molar-refractivity contribution in [2.75, 3.05) is 52.4 Å². The lowest BCUT2D eigenvalue weighted by Gasteiger charge is -2.47. The summed E-state index contributed by atoms with van der Waals surface area (Å²) in [5.74, 6) is 0.0276. The Bertz CT molecular complexity index is 1620. The Morgan fingerprint density at radius 3 is 2.72 bits per heavy atom. The molecule has 0 bridgehead atoms. The minimum absolute atomic E-state index is 0.00987. The van der Waals surface area contributed by atoms with E-state index in [1.165, 1.54) is 27.2 Å². The van der Waals surface area contributed by atoms with Crippen LogP contribution < -0.4 is 10.2 Å². The number of rotatable bonds is 10. The molecule has 3 aromatic heterocycles. The van der Waals surface area contributed by atoms with Crippen LogP contribution in [0.3, 0.4) is 0 Å². The smallest absolute Gasteiger partial charge is 0.305 e. The second-order valence-electron chi connectivity index (χ2n) is 11.3. The number of hydrogen-bond donors (Lipinski definition) is 4. The third kappa shape index (κ3) is 7.03. The van der Waals surface area contributed by atoms with Gasteiger partial charge in [-0.15, -0.1) is 22.7 Å². The molecule has 2 aliphatic rings. The first-order chi connectivity index (χ1) is 20.8. The summed E-state index contributed by atoms with van der Waals surface area (Å²) >= 11 is 4.35. The first kappa shape index (κ1) is 30.4. The molecule has 10 nitrogen and oxygen atoms in total. The standard InChI is InChI=1S/C30H37N5O5S3/c1-19-32-23(17-41-19)28(38)35-14-15-40-30(18-35)8-12-34(13-9-30)11-7-21-3-2-20(42-21)6-10-31-16-25(37)22-4-5-24(36)26-27(22)43-29(39)33-26/h2-5,17,25,31,36-37H,6-16,18H2,1H3,(H,33,39)/t25-/m0/s1. The summed E-state index contributed by atoms with van der Waals surface area (Å²) in [6.07, 6.45) is 2.97. The summed E-state index contributed by atoms with van der Waals surface area (Å²) in [6, 6.07) is 7.58. The van der Waals surface area contributed by atoms with E-state index in [-0.39, 0.29) is 22.1 Å². The second kappa shape index (κ2) is 13.1. The number of nitrogens with one attached hydrogen (secondary N) is 2. The zero-order valence-electron chi connectivity index (χ0n) is 24.1. The van der Waals surface area contributed by atoms with Gasteiger partial charge in [0.1, 0.15) is 17.0 Å². The molecule has 1 aromatic carbocycles. The second-order valence-corrected chi connectivity index (χ2v) is 14.6. The topological polar surface area (TPSA) is 131 Å². The number of aliphatic hydroxyl groups excluding tert-OH is 1. The summed E-state index contributed by atoms with van der Waals surface area (Å²) in [5, 5.41) is 26.8. The number of amides is 1. The van der Waals surface area contributed by atoms with Crippen molar-refractivity contribution in [1.29, 1.82) is 0 Å². The molecule has 1 spiro atoms.